The quantitative estimate of drug-likeness (QED) is 0.640. The van der Waals surface area contributed by atoms with E-state index in [1.165, 1.54) is 19.2 Å². The van der Waals surface area contributed by atoms with Gasteiger partial charge in [0.2, 0.25) is 18.3 Å². The number of ether oxygens (including phenoxy) is 3. The second-order valence-corrected chi connectivity index (χ2v) is 2.31. The maximum Gasteiger partial charge on any atom is 0.231 e. The lowest BCUT2D eigenvalue weighted by molar-refractivity contribution is 0.168. The first-order valence-corrected chi connectivity index (χ1v) is 3.45. The van der Waals surface area contributed by atoms with E-state index >= 15 is 0 Å². The fourth-order valence-corrected chi connectivity index (χ4v) is 1.10. The summed E-state index contributed by atoms with van der Waals surface area (Å²) in [6.45, 7) is 0.0482. The van der Waals surface area contributed by atoms with Gasteiger partial charge >= 0.3 is 0 Å². The maximum atomic E-state index is 12.9. The largest absolute Gasteiger partial charge is 0.493 e. The van der Waals surface area contributed by atoms with Gasteiger partial charge in [0.25, 0.3) is 0 Å². The fraction of sp³-hybridized carbons (Fsp3) is 0.250. The minimum atomic E-state index is -0.427. The Kier molecular flexibility index (Phi) is 1.53. The number of rotatable bonds is 1. The van der Waals surface area contributed by atoms with Gasteiger partial charge in [0, 0.05) is 0 Å². The van der Waals surface area contributed by atoms with E-state index < -0.39 is 5.82 Å². The molecule has 64 valence electrons. The van der Waals surface area contributed by atoms with Gasteiger partial charge in [0.15, 0.2) is 11.6 Å². The first kappa shape index (κ1) is 7.21. The van der Waals surface area contributed by atoms with Gasteiger partial charge in [0.05, 0.1) is 7.11 Å². The van der Waals surface area contributed by atoms with Crippen molar-refractivity contribution >= 4 is 0 Å². The zero-order valence-electron chi connectivity index (χ0n) is 6.46. The summed E-state index contributed by atoms with van der Waals surface area (Å²) in [5.41, 5.74) is 0. The standard InChI is InChI=1S/C8H7FO3/c1-10-6-3-2-5(9)7-8(6)12-4-11-7/h2-3H,4H2,1H3. The van der Waals surface area contributed by atoms with E-state index in [4.69, 9.17) is 14.2 Å². The van der Waals surface area contributed by atoms with Crippen molar-refractivity contribution in [3.63, 3.8) is 0 Å². The summed E-state index contributed by atoms with van der Waals surface area (Å²) in [6.07, 6.45) is 0. The van der Waals surface area contributed by atoms with Crippen LogP contribution in [-0.2, 0) is 0 Å². The SMILES string of the molecule is COc1ccc(F)c2c1OCO2. The molecule has 0 atom stereocenters. The topological polar surface area (TPSA) is 27.7 Å². The van der Waals surface area contributed by atoms with Gasteiger partial charge in [-0.05, 0) is 12.1 Å². The molecule has 1 aromatic carbocycles. The Labute approximate surface area is 68.7 Å². The minimum Gasteiger partial charge on any atom is -0.493 e. The van der Waals surface area contributed by atoms with Gasteiger partial charge < -0.3 is 14.2 Å². The zero-order valence-corrected chi connectivity index (χ0v) is 6.46. The van der Waals surface area contributed by atoms with Crippen molar-refractivity contribution in [3.8, 4) is 17.2 Å². The van der Waals surface area contributed by atoms with E-state index in [1.807, 2.05) is 0 Å². The second kappa shape index (κ2) is 2.55. The molecule has 1 aliphatic heterocycles. The normalized spacial score (nSPS) is 13.2. The molecule has 12 heavy (non-hydrogen) atoms. The first-order chi connectivity index (χ1) is 5.83. The Bertz CT molecular complexity index is 311. The summed E-state index contributed by atoms with van der Waals surface area (Å²) in [4.78, 5) is 0. The Hall–Kier alpha value is -1.45. The molecule has 2 rings (SSSR count). The van der Waals surface area contributed by atoms with E-state index in [2.05, 4.69) is 0 Å². The van der Waals surface area contributed by atoms with Crippen LogP contribution in [0, 0.1) is 5.82 Å². The Morgan fingerprint density at radius 2 is 2.08 bits per heavy atom. The van der Waals surface area contributed by atoms with E-state index in [-0.39, 0.29) is 12.5 Å². The van der Waals surface area contributed by atoms with Crippen LogP contribution in [0.4, 0.5) is 4.39 Å². The van der Waals surface area contributed by atoms with E-state index in [0.29, 0.717) is 11.5 Å². The van der Waals surface area contributed by atoms with Crippen molar-refractivity contribution in [3.05, 3.63) is 17.9 Å². The van der Waals surface area contributed by atoms with Crippen LogP contribution in [0.15, 0.2) is 12.1 Å². The average Bonchev–Trinajstić information content (AvgIpc) is 2.54. The number of benzene rings is 1. The van der Waals surface area contributed by atoms with Crippen molar-refractivity contribution in [1.82, 2.24) is 0 Å². The molecule has 4 heteroatoms. The molecule has 0 aliphatic carbocycles. The molecular weight excluding hydrogens is 163 g/mol. The Morgan fingerprint density at radius 3 is 2.83 bits per heavy atom. The molecule has 0 radical (unpaired) electrons. The molecule has 0 saturated carbocycles. The van der Waals surface area contributed by atoms with Crippen LogP contribution in [0.5, 0.6) is 17.2 Å². The smallest absolute Gasteiger partial charge is 0.231 e. The van der Waals surface area contributed by atoms with Gasteiger partial charge in [0.1, 0.15) is 0 Å². The van der Waals surface area contributed by atoms with Crippen LogP contribution >= 0.6 is 0 Å². The summed E-state index contributed by atoms with van der Waals surface area (Å²) in [7, 11) is 1.50. The van der Waals surface area contributed by atoms with Crippen LogP contribution in [0.1, 0.15) is 0 Å². The highest BCUT2D eigenvalue weighted by Gasteiger charge is 2.22. The Morgan fingerprint density at radius 1 is 1.33 bits per heavy atom. The van der Waals surface area contributed by atoms with E-state index in [0.717, 1.165) is 0 Å². The van der Waals surface area contributed by atoms with E-state index in [1.54, 1.807) is 0 Å². The Balaban J connectivity index is 2.57. The van der Waals surface area contributed by atoms with Crippen LogP contribution < -0.4 is 14.2 Å². The third-order valence-electron chi connectivity index (χ3n) is 1.65. The fourth-order valence-electron chi connectivity index (χ4n) is 1.10. The van der Waals surface area contributed by atoms with Crippen molar-refractivity contribution in [2.24, 2.45) is 0 Å². The molecule has 0 aromatic heterocycles. The lowest BCUT2D eigenvalue weighted by Crippen LogP contribution is -1.94. The molecule has 1 aliphatic rings. The number of fused-ring (bicyclic) bond motifs is 1. The summed E-state index contributed by atoms with van der Waals surface area (Å²) >= 11 is 0. The summed E-state index contributed by atoms with van der Waals surface area (Å²) < 4.78 is 27.8. The van der Waals surface area contributed by atoms with Gasteiger partial charge in [-0.2, -0.15) is 0 Å². The molecule has 0 fully saturated rings. The van der Waals surface area contributed by atoms with Crippen molar-refractivity contribution in [2.45, 2.75) is 0 Å². The number of hydrogen-bond acceptors (Lipinski definition) is 3. The van der Waals surface area contributed by atoms with Crippen molar-refractivity contribution in [1.29, 1.82) is 0 Å². The van der Waals surface area contributed by atoms with Crippen LogP contribution in [-0.4, -0.2) is 13.9 Å². The van der Waals surface area contributed by atoms with Gasteiger partial charge in [-0.25, -0.2) is 4.39 Å². The maximum absolute atomic E-state index is 12.9. The highest BCUT2D eigenvalue weighted by atomic mass is 19.1. The molecule has 0 saturated heterocycles. The number of hydrogen-bond donors (Lipinski definition) is 0. The van der Waals surface area contributed by atoms with Gasteiger partial charge in [-0.3, -0.25) is 0 Å². The van der Waals surface area contributed by atoms with Crippen LogP contribution in [0.3, 0.4) is 0 Å². The second-order valence-electron chi connectivity index (χ2n) is 2.31. The molecule has 0 bridgehead atoms. The van der Waals surface area contributed by atoms with Crippen LogP contribution in [0.2, 0.25) is 0 Å². The predicted octanol–water partition coefficient (Wildman–Crippen LogP) is 1.56. The van der Waals surface area contributed by atoms with Crippen molar-refractivity contribution in [2.75, 3.05) is 13.9 Å². The molecule has 1 aromatic rings. The number of halogens is 1. The molecule has 0 amide bonds. The first-order valence-electron chi connectivity index (χ1n) is 3.45. The molecule has 1 heterocycles. The molecular formula is C8H7FO3. The summed E-state index contributed by atoms with van der Waals surface area (Å²) in [5, 5.41) is 0. The molecule has 0 spiro atoms. The van der Waals surface area contributed by atoms with Crippen molar-refractivity contribution < 1.29 is 18.6 Å². The van der Waals surface area contributed by atoms with Gasteiger partial charge in [-0.15, -0.1) is 0 Å². The lowest BCUT2D eigenvalue weighted by Gasteiger charge is -2.03. The lowest BCUT2D eigenvalue weighted by atomic mass is 10.3. The highest BCUT2D eigenvalue weighted by molar-refractivity contribution is 5.53. The monoisotopic (exact) mass is 170 g/mol. The zero-order chi connectivity index (χ0) is 8.55. The minimum absolute atomic E-state index is 0.0482. The molecule has 3 nitrogen and oxygen atoms in total. The molecule has 0 N–H and O–H groups in total. The van der Waals surface area contributed by atoms with Gasteiger partial charge in [-0.1, -0.05) is 0 Å². The van der Waals surface area contributed by atoms with Crippen LogP contribution in [0.25, 0.3) is 0 Å². The molecule has 0 unspecified atom stereocenters. The van der Waals surface area contributed by atoms with E-state index in [9.17, 15) is 4.39 Å². The third kappa shape index (κ3) is 0.879. The third-order valence-corrected chi connectivity index (χ3v) is 1.65. The predicted molar refractivity (Wildman–Crippen MR) is 39.1 cm³/mol. The highest BCUT2D eigenvalue weighted by Crippen LogP contribution is 2.42. The summed E-state index contributed by atoms with van der Waals surface area (Å²) in [5.74, 6) is 0.541. The number of methoxy groups -OCH3 is 1. The summed E-state index contributed by atoms with van der Waals surface area (Å²) in [6, 6.07) is 2.79. The average molecular weight is 170 g/mol.